The number of furan rings is 1. The molecule has 5 heteroatoms. The van der Waals surface area contributed by atoms with Gasteiger partial charge in [0.15, 0.2) is 0 Å². The number of anilines is 5. The third-order valence-electron chi connectivity index (χ3n) is 18.5. The number of rotatable bonds is 8. The largest absolute Gasteiger partial charge is 0.455 e. The number of hydrogen-bond donors (Lipinski definition) is 1. The Hall–Kier alpha value is -9.71. The van der Waals surface area contributed by atoms with Gasteiger partial charge in [-0.25, -0.2) is 4.98 Å². The smallest absolute Gasteiger partial charge is 0.145 e. The van der Waals surface area contributed by atoms with E-state index in [-0.39, 0.29) is 10.8 Å². The lowest BCUT2D eigenvalue weighted by Gasteiger charge is -2.36. The van der Waals surface area contributed by atoms with E-state index in [1.807, 2.05) is 6.20 Å². The van der Waals surface area contributed by atoms with Gasteiger partial charge in [-0.3, -0.25) is 9.80 Å². The van der Waals surface area contributed by atoms with Crippen molar-refractivity contribution in [2.45, 2.75) is 85.5 Å². The Balaban J connectivity index is 1.11. The van der Waals surface area contributed by atoms with E-state index in [1.165, 1.54) is 66.8 Å². The number of nitrogens with one attached hydrogen (secondary N) is 1. The van der Waals surface area contributed by atoms with Crippen molar-refractivity contribution in [3.63, 3.8) is 0 Å². The molecule has 5 nitrogen and oxygen atoms in total. The Kier molecular flexibility index (Phi) is 12.1. The van der Waals surface area contributed by atoms with Crippen LogP contribution < -0.4 is 15.1 Å². The molecular formula is C81H70N4O. The summed E-state index contributed by atoms with van der Waals surface area (Å²) in [6.07, 6.45) is 4.41. The average Bonchev–Trinajstić information content (AvgIpc) is 1.49. The number of benzene rings is 10. The van der Waals surface area contributed by atoms with Gasteiger partial charge in [-0.1, -0.05) is 228 Å². The number of nitrogens with zero attached hydrogens (tertiary/aromatic N) is 3. The van der Waals surface area contributed by atoms with Crippen LogP contribution in [0.25, 0.3) is 71.7 Å². The normalized spacial score (nSPS) is 14.1. The molecule has 15 rings (SSSR count). The molecular weight excluding hydrogens is 1040 g/mol. The molecule has 1 spiro atoms. The zero-order chi connectivity index (χ0) is 59.0. The topological polar surface area (TPSA) is 44.5 Å². The van der Waals surface area contributed by atoms with Gasteiger partial charge in [0, 0.05) is 51.6 Å². The highest BCUT2D eigenvalue weighted by Gasteiger charge is 2.54. The lowest BCUT2D eigenvalue weighted by Crippen LogP contribution is -2.33. The summed E-state index contributed by atoms with van der Waals surface area (Å²) >= 11 is 0. The molecule has 0 atom stereocenters. The van der Waals surface area contributed by atoms with Gasteiger partial charge in [-0.2, -0.15) is 0 Å². The highest BCUT2D eigenvalue weighted by atomic mass is 16.3. The zero-order valence-electron chi connectivity index (χ0n) is 50.8. The SMILES string of the molecule is CC1=CC(c2ccc(C)cc2)=C(N(c2ccc(C(C)(C)C)cc2)c2cc3c(c4ccccc24)-c2c(cc(N(c4ccc(C(C)(C)C)cc4)c4ncc(C)cc4-c4ccc(C)cc4)c4c2oc2ccccc24)C32c3ccccc3-c3ccccc32)NC1. The number of aryl methyl sites for hydroxylation is 3. The van der Waals surface area contributed by atoms with Crippen LogP contribution in [-0.4, -0.2) is 11.5 Å². The lowest BCUT2D eigenvalue weighted by atomic mass is 9.70. The fourth-order valence-corrected chi connectivity index (χ4v) is 14.2. The number of fused-ring (bicyclic) bond motifs is 16. The van der Waals surface area contributed by atoms with Gasteiger partial charge in [0.05, 0.1) is 22.2 Å². The maximum absolute atomic E-state index is 7.63. The second-order valence-corrected chi connectivity index (χ2v) is 26.3. The summed E-state index contributed by atoms with van der Waals surface area (Å²) in [5.41, 5.74) is 26.3. The predicted octanol–water partition coefficient (Wildman–Crippen LogP) is 21.2. The molecule has 2 aromatic heterocycles. The molecule has 0 saturated carbocycles. The van der Waals surface area contributed by atoms with Crippen molar-refractivity contribution in [3.8, 4) is 33.4 Å². The minimum atomic E-state index is -0.826. The summed E-state index contributed by atoms with van der Waals surface area (Å²) in [5.74, 6) is 1.88. The van der Waals surface area contributed by atoms with Crippen LogP contribution in [-0.2, 0) is 16.2 Å². The molecule has 12 aromatic rings. The van der Waals surface area contributed by atoms with Gasteiger partial charge >= 0.3 is 0 Å². The second-order valence-electron chi connectivity index (χ2n) is 26.3. The van der Waals surface area contributed by atoms with E-state index in [4.69, 9.17) is 9.40 Å². The first-order chi connectivity index (χ1) is 41.6. The molecule has 0 bridgehead atoms. The first-order valence-electron chi connectivity index (χ1n) is 30.4. The van der Waals surface area contributed by atoms with Gasteiger partial charge in [-0.15, -0.1) is 0 Å². The number of aromatic nitrogens is 1. The Bertz CT molecular complexity index is 4750. The molecule has 1 N–H and O–H groups in total. The highest BCUT2D eigenvalue weighted by Crippen LogP contribution is 2.67. The number of allylic oxidation sites excluding steroid dienone is 2. The number of dihydropyridines is 1. The van der Waals surface area contributed by atoms with Crippen LogP contribution in [0.4, 0.5) is 28.6 Å². The predicted molar refractivity (Wildman–Crippen MR) is 361 cm³/mol. The number of hydrogen-bond acceptors (Lipinski definition) is 5. The van der Waals surface area contributed by atoms with Crippen molar-refractivity contribution in [1.29, 1.82) is 0 Å². The van der Waals surface area contributed by atoms with Crippen molar-refractivity contribution < 1.29 is 4.42 Å². The molecule has 420 valence electrons. The average molecular weight is 1120 g/mol. The highest BCUT2D eigenvalue weighted by molar-refractivity contribution is 6.23. The van der Waals surface area contributed by atoms with E-state index in [1.54, 1.807) is 0 Å². The van der Waals surface area contributed by atoms with Crippen molar-refractivity contribution >= 4 is 66.9 Å². The van der Waals surface area contributed by atoms with E-state index in [0.717, 1.165) is 100 Å². The van der Waals surface area contributed by atoms with Crippen LogP contribution in [0, 0.1) is 20.8 Å². The maximum Gasteiger partial charge on any atom is 0.145 e. The second kappa shape index (κ2) is 19.7. The Labute approximate surface area is 505 Å². The third-order valence-corrected chi connectivity index (χ3v) is 18.5. The van der Waals surface area contributed by atoms with Gasteiger partial charge in [-0.05, 0) is 159 Å². The molecule has 3 heterocycles. The Morgan fingerprint density at radius 3 is 1.60 bits per heavy atom. The van der Waals surface area contributed by atoms with Crippen LogP contribution in [0.15, 0.2) is 240 Å². The summed E-state index contributed by atoms with van der Waals surface area (Å²) in [7, 11) is 0. The molecule has 0 fully saturated rings. The summed E-state index contributed by atoms with van der Waals surface area (Å²) in [4.78, 5) is 10.5. The number of para-hydroxylation sites is 1. The molecule has 10 aromatic carbocycles. The summed E-state index contributed by atoms with van der Waals surface area (Å²) in [5, 5.41) is 8.42. The summed E-state index contributed by atoms with van der Waals surface area (Å²) < 4.78 is 7.63. The van der Waals surface area contributed by atoms with E-state index in [0.29, 0.717) is 6.54 Å². The zero-order valence-corrected chi connectivity index (χ0v) is 50.8. The van der Waals surface area contributed by atoms with E-state index in [9.17, 15) is 0 Å². The van der Waals surface area contributed by atoms with Crippen molar-refractivity contribution in [1.82, 2.24) is 10.3 Å². The molecule has 0 amide bonds. The standard InChI is InChI=1S/C81H70N4O/c1-49-27-31-53(32-28-49)64-43-51(3)47-82-77(64)84(57-39-35-55(36-40-57)79(5,6)7)70-45-68-73(62-22-12-11-21-61(62)70)75-69(81(68)66-24-16-13-19-59(66)60-20-14-17-25-67(60)81)46-71(74-63-23-15-18-26-72(63)86-76(74)75)85(58-41-37-56(38-42-58)80(8,9)10)78-65(44-52(4)48-83-78)54-33-29-50(2)30-34-54/h11-46,48,82H,47H2,1-10H3. The minimum Gasteiger partial charge on any atom is -0.455 e. The lowest BCUT2D eigenvalue weighted by molar-refractivity contribution is 0.590. The molecule has 0 saturated heterocycles. The monoisotopic (exact) mass is 1110 g/mol. The first kappa shape index (κ1) is 53.0. The van der Waals surface area contributed by atoms with Crippen LogP contribution in [0.5, 0.6) is 0 Å². The quantitative estimate of drug-likeness (QED) is 0.164. The van der Waals surface area contributed by atoms with Gasteiger partial charge < -0.3 is 9.73 Å². The Morgan fingerprint density at radius 2 is 0.988 bits per heavy atom. The van der Waals surface area contributed by atoms with Crippen LogP contribution in [0.1, 0.15) is 104 Å². The fraction of sp³-hybridized carbons (Fsp3) is 0.173. The van der Waals surface area contributed by atoms with Crippen molar-refractivity contribution in [2.24, 2.45) is 0 Å². The molecule has 1 aliphatic heterocycles. The van der Waals surface area contributed by atoms with Crippen molar-refractivity contribution in [2.75, 3.05) is 16.3 Å². The first-order valence-corrected chi connectivity index (χ1v) is 30.4. The number of pyridine rings is 1. The molecule has 3 aliphatic rings. The Morgan fingerprint density at radius 1 is 0.465 bits per heavy atom. The maximum atomic E-state index is 7.63. The van der Waals surface area contributed by atoms with E-state index >= 15 is 0 Å². The van der Waals surface area contributed by atoms with E-state index < -0.39 is 5.41 Å². The molecule has 0 radical (unpaired) electrons. The van der Waals surface area contributed by atoms with Gasteiger partial charge in [0.2, 0.25) is 0 Å². The van der Waals surface area contributed by atoms with Gasteiger partial charge in [0.25, 0.3) is 0 Å². The van der Waals surface area contributed by atoms with Crippen LogP contribution in [0.3, 0.4) is 0 Å². The van der Waals surface area contributed by atoms with Crippen LogP contribution >= 0.6 is 0 Å². The molecule has 86 heavy (non-hydrogen) atoms. The molecule has 0 unspecified atom stereocenters. The summed E-state index contributed by atoms with van der Waals surface area (Å²) in [6.45, 7) is 23.1. The van der Waals surface area contributed by atoms with E-state index in [2.05, 4.69) is 303 Å². The van der Waals surface area contributed by atoms with Crippen LogP contribution in [0.2, 0.25) is 0 Å². The molecule has 2 aliphatic carbocycles. The summed E-state index contributed by atoms with van der Waals surface area (Å²) in [6, 6.07) is 79.9. The van der Waals surface area contributed by atoms with Gasteiger partial charge in [0.1, 0.15) is 22.8 Å². The van der Waals surface area contributed by atoms with Crippen molar-refractivity contribution in [3.05, 3.63) is 292 Å². The minimum absolute atomic E-state index is 0.0373. The third kappa shape index (κ3) is 8.22. The fourth-order valence-electron chi connectivity index (χ4n) is 14.2.